The van der Waals surface area contributed by atoms with Crippen LogP contribution in [0, 0.1) is 0 Å². The van der Waals surface area contributed by atoms with Crippen molar-refractivity contribution in [3.05, 3.63) is 70.2 Å². The predicted molar refractivity (Wildman–Crippen MR) is 104 cm³/mol. The number of benzene rings is 2. The summed E-state index contributed by atoms with van der Waals surface area (Å²) in [4.78, 5) is 15.2. The lowest BCUT2D eigenvalue weighted by molar-refractivity contribution is -0.132. The Hall–Kier alpha value is -1.88. The Bertz CT molecular complexity index is 801. The summed E-state index contributed by atoms with van der Waals surface area (Å²) in [5.41, 5.74) is 9.09. The first kappa shape index (κ1) is 17.5. The van der Waals surface area contributed by atoms with Crippen LogP contribution in [0.5, 0.6) is 0 Å². The zero-order valence-electron chi connectivity index (χ0n) is 14.7. The first-order valence-corrected chi connectivity index (χ1v) is 9.57. The van der Waals surface area contributed by atoms with Crippen LogP contribution in [-0.2, 0) is 17.6 Å². The molecule has 1 amide bonds. The number of piperazine rings is 1. The van der Waals surface area contributed by atoms with Gasteiger partial charge in [-0.05, 0) is 35.2 Å². The molecule has 2 aliphatic rings. The minimum atomic E-state index is -0.661. The zero-order chi connectivity index (χ0) is 18.1. The summed E-state index contributed by atoms with van der Waals surface area (Å²) in [7, 11) is 0. The number of nitrogens with one attached hydrogen (secondary N) is 1. The van der Waals surface area contributed by atoms with Crippen LogP contribution in [0.25, 0.3) is 0 Å². The molecule has 1 aliphatic heterocycles. The summed E-state index contributed by atoms with van der Waals surface area (Å²) in [6, 6.07) is 16.3. The molecule has 0 saturated carbocycles. The van der Waals surface area contributed by atoms with E-state index >= 15 is 0 Å². The van der Waals surface area contributed by atoms with Gasteiger partial charge in [0.25, 0.3) is 0 Å². The molecule has 1 saturated heterocycles. The highest BCUT2D eigenvalue weighted by Gasteiger charge is 2.54. The fraction of sp³-hybridized carbons (Fsp3) is 0.381. The first-order chi connectivity index (χ1) is 12.6. The van der Waals surface area contributed by atoms with Gasteiger partial charge < -0.3 is 11.1 Å². The number of carbonyl (C=O) groups excluding carboxylic acids is 1. The van der Waals surface area contributed by atoms with Gasteiger partial charge in [0.1, 0.15) is 5.54 Å². The number of fused-ring (bicyclic) bond motifs is 1. The van der Waals surface area contributed by atoms with E-state index in [1.54, 1.807) is 0 Å². The molecular formula is C21H24ClN3O. The average Bonchev–Trinajstić information content (AvgIpc) is 3.00. The molecule has 0 bridgehead atoms. The second-order valence-corrected chi connectivity index (χ2v) is 7.72. The molecule has 26 heavy (non-hydrogen) atoms. The SMILES string of the molecule is NC(=O)C1(N2CCNCC2)Cc2ccccc2C1Cc1ccc(Cl)cc1. The largest absolute Gasteiger partial charge is 0.368 e. The van der Waals surface area contributed by atoms with E-state index in [1.165, 1.54) is 16.7 Å². The third-order valence-corrected chi connectivity index (χ3v) is 6.18. The third kappa shape index (κ3) is 2.92. The highest BCUT2D eigenvalue weighted by atomic mass is 35.5. The topological polar surface area (TPSA) is 58.4 Å². The Morgan fingerprint density at radius 2 is 1.85 bits per heavy atom. The lowest BCUT2D eigenvalue weighted by atomic mass is 9.78. The molecule has 136 valence electrons. The van der Waals surface area contributed by atoms with E-state index in [0.717, 1.165) is 37.6 Å². The van der Waals surface area contributed by atoms with E-state index < -0.39 is 5.54 Å². The number of hydrogen-bond donors (Lipinski definition) is 2. The number of nitrogens with zero attached hydrogens (tertiary/aromatic N) is 1. The lowest BCUT2D eigenvalue weighted by Gasteiger charge is -2.45. The van der Waals surface area contributed by atoms with E-state index in [2.05, 4.69) is 28.4 Å². The summed E-state index contributed by atoms with van der Waals surface area (Å²) in [6.07, 6.45) is 1.47. The van der Waals surface area contributed by atoms with E-state index in [0.29, 0.717) is 6.42 Å². The molecule has 0 aromatic heterocycles. The highest BCUT2D eigenvalue weighted by Crippen LogP contribution is 2.46. The van der Waals surface area contributed by atoms with Gasteiger partial charge in [0.2, 0.25) is 5.91 Å². The Labute approximate surface area is 159 Å². The number of nitrogens with two attached hydrogens (primary N) is 1. The van der Waals surface area contributed by atoms with Gasteiger partial charge in [-0.15, -0.1) is 0 Å². The van der Waals surface area contributed by atoms with Crippen molar-refractivity contribution in [2.75, 3.05) is 26.2 Å². The number of halogens is 1. The summed E-state index contributed by atoms with van der Waals surface area (Å²) in [5.74, 6) is -0.162. The van der Waals surface area contributed by atoms with Crippen LogP contribution in [0.15, 0.2) is 48.5 Å². The van der Waals surface area contributed by atoms with Gasteiger partial charge in [-0.1, -0.05) is 48.0 Å². The number of primary amides is 1. The van der Waals surface area contributed by atoms with Gasteiger partial charge in [0, 0.05) is 43.5 Å². The predicted octanol–water partition coefficient (Wildman–Crippen LogP) is 2.35. The van der Waals surface area contributed by atoms with Gasteiger partial charge in [0.15, 0.2) is 0 Å². The minimum Gasteiger partial charge on any atom is -0.368 e. The molecule has 5 heteroatoms. The molecule has 0 radical (unpaired) electrons. The molecule has 2 aromatic carbocycles. The highest BCUT2D eigenvalue weighted by molar-refractivity contribution is 6.30. The monoisotopic (exact) mass is 369 g/mol. The molecule has 2 aromatic rings. The van der Waals surface area contributed by atoms with E-state index in [9.17, 15) is 4.79 Å². The van der Waals surface area contributed by atoms with Gasteiger partial charge in [-0.2, -0.15) is 0 Å². The number of hydrogen-bond acceptors (Lipinski definition) is 3. The first-order valence-electron chi connectivity index (χ1n) is 9.19. The smallest absolute Gasteiger partial charge is 0.238 e. The Morgan fingerprint density at radius 3 is 2.54 bits per heavy atom. The number of rotatable bonds is 4. The van der Waals surface area contributed by atoms with E-state index in [1.807, 2.05) is 30.3 Å². The van der Waals surface area contributed by atoms with Crippen LogP contribution >= 0.6 is 11.6 Å². The maximum Gasteiger partial charge on any atom is 0.238 e. The summed E-state index contributed by atoms with van der Waals surface area (Å²) in [6.45, 7) is 3.46. The average molecular weight is 370 g/mol. The van der Waals surface area contributed by atoms with Crippen LogP contribution < -0.4 is 11.1 Å². The summed E-state index contributed by atoms with van der Waals surface area (Å²) >= 11 is 6.05. The lowest BCUT2D eigenvalue weighted by Crippen LogP contribution is -2.64. The molecular weight excluding hydrogens is 346 g/mol. The van der Waals surface area contributed by atoms with Crippen molar-refractivity contribution in [3.63, 3.8) is 0 Å². The van der Waals surface area contributed by atoms with Crippen molar-refractivity contribution >= 4 is 17.5 Å². The van der Waals surface area contributed by atoms with Crippen LogP contribution in [0.3, 0.4) is 0 Å². The fourth-order valence-electron chi connectivity index (χ4n) is 4.65. The number of carbonyl (C=O) groups is 1. The van der Waals surface area contributed by atoms with Crippen molar-refractivity contribution in [2.24, 2.45) is 5.73 Å². The molecule has 3 N–H and O–H groups in total. The normalized spacial score (nSPS) is 25.8. The second-order valence-electron chi connectivity index (χ2n) is 7.28. The van der Waals surface area contributed by atoms with Crippen molar-refractivity contribution in [1.29, 1.82) is 0 Å². The Morgan fingerprint density at radius 1 is 1.15 bits per heavy atom. The molecule has 1 aliphatic carbocycles. The molecule has 1 heterocycles. The molecule has 1 fully saturated rings. The molecule has 4 rings (SSSR count). The second kappa shape index (κ2) is 7.03. The van der Waals surface area contributed by atoms with Crippen molar-refractivity contribution in [1.82, 2.24) is 10.2 Å². The third-order valence-electron chi connectivity index (χ3n) is 5.93. The summed E-state index contributed by atoms with van der Waals surface area (Å²) < 4.78 is 0. The quantitative estimate of drug-likeness (QED) is 0.869. The van der Waals surface area contributed by atoms with Gasteiger partial charge in [-0.3, -0.25) is 9.69 Å². The van der Waals surface area contributed by atoms with Crippen LogP contribution in [0.2, 0.25) is 5.02 Å². The van der Waals surface area contributed by atoms with Gasteiger partial charge in [-0.25, -0.2) is 0 Å². The standard InChI is InChI=1S/C21H24ClN3O/c22-17-7-5-15(6-8-17)13-19-18-4-2-1-3-16(18)14-21(19,20(23)26)25-11-9-24-10-12-25/h1-8,19,24H,9-14H2,(H2,23,26). The maximum absolute atomic E-state index is 12.9. The Kier molecular flexibility index (Phi) is 4.74. The summed E-state index contributed by atoms with van der Waals surface area (Å²) in [5, 5.41) is 4.10. The van der Waals surface area contributed by atoms with Crippen molar-refractivity contribution in [2.45, 2.75) is 24.3 Å². The Balaban J connectivity index is 1.78. The minimum absolute atomic E-state index is 0.0514. The number of amides is 1. The fourth-order valence-corrected chi connectivity index (χ4v) is 4.78. The van der Waals surface area contributed by atoms with Crippen LogP contribution in [-0.4, -0.2) is 42.5 Å². The van der Waals surface area contributed by atoms with E-state index in [-0.39, 0.29) is 11.8 Å². The zero-order valence-corrected chi connectivity index (χ0v) is 15.5. The maximum atomic E-state index is 12.9. The van der Waals surface area contributed by atoms with Crippen LogP contribution in [0.1, 0.15) is 22.6 Å². The molecule has 0 spiro atoms. The molecule has 2 unspecified atom stereocenters. The molecule has 4 nitrogen and oxygen atoms in total. The molecule has 2 atom stereocenters. The van der Waals surface area contributed by atoms with Crippen molar-refractivity contribution in [3.8, 4) is 0 Å². The van der Waals surface area contributed by atoms with Gasteiger partial charge in [0.05, 0.1) is 0 Å². The van der Waals surface area contributed by atoms with Crippen LogP contribution in [0.4, 0.5) is 0 Å². The van der Waals surface area contributed by atoms with Gasteiger partial charge >= 0.3 is 0 Å². The van der Waals surface area contributed by atoms with Crippen molar-refractivity contribution < 1.29 is 4.79 Å². The van der Waals surface area contributed by atoms with E-state index in [4.69, 9.17) is 17.3 Å².